The van der Waals surface area contributed by atoms with Gasteiger partial charge in [0.2, 0.25) is 5.78 Å². The Labute approximate surface area is 125 Å². The first-order chi connectivity index (χ1) is 9.52. The standard InChI is InChI=1S/C14H16BrN5/c1-8-4-5-10(6-9(8)2)13-18-20-12(15)11(7-16)17-14(20)19(13)3/h4-6H,7,16H2,1-3H3. The molecular weight excluding hydrogens is 318 g/mol. The van der Waals surface area contributed by atoms with E-state index in [0.717, 1.165) is 27.5 Å². The molecule has 20 heavy (non-hydrogen) atoms. The lowest BCUT2D eigenvalue weighted by atomic mass is 10.1. The minimum Gasteiger partial charge on any atom is -0.325 e. The van der Waals surface area contributed by atoms with Gasteiger partial charge in [0.05, 0.1) is 5.69 Å². The van der Waals surface area contributed by atoms with Crippen LogP contribution in [0.1, 0.15) is 16.8 Å². The zero-order valence-electron chi connectivity index (χ0n) is 11.7. The lowest BCUT2D eigenvalue weighted by molar-refractivity contribution is 0.915. The smallest absolute Gasteiger partial charge is 0.233 e. The lowest BCUT2D eigenvalue weighted by Gasteiger charge is -2.04. The first-order valence-corrected chi connectivity index (χ1v) is 7.19. The summed E-state index contributed by atoms with van der Waals surface area (Å²) in [4.78, 5) is 4.51. The van der Waals surface area contributed by atoms with E-state index in [1.807, 2.05) is 11.6 Å². The number of nitrogens with zero attached hydrogens (tertiary/aromatic N) is 4. The van der Waals surface area contributed by atoms with Crippen molar-refractivity contribution in [3.63, 3.8) is 0 Å². The first-order valence-electron chi connectivity index (χ1n) is 6.40. The third-order valence-corrected chi connectivity index (χ3v) is 4.41. The van der Waals surface area contributed by atoms with Crippen molar-refractivity contribution in [2.75, 3.05) is 0 Å². The molecule has 0 bridgehead atoms. The van der Waals surface area contributed by atoms with Crippen LogP contribution in [-0.2, 0) is 13.6 Å². The van der Waals surface area contributed by atoms with Crippen molar-refractivity contribution in [3.8, 4) is 11.4 Å². The highest BCUT2D eigenvalue weighted by atomic mass is 79.9. The molecular formula is C14H16BrN5. The molecule has 1 aromatic carbocycles. The molecule has 0 radical (unpaired) electrons. The van der Waals surface area contributed by atoms with E-state index in [2.05, 4.69) is 58.1 Å². The monoisotopic (exact) mass is 333 g/mol. The van der Waals surface area contributed by atoms with Crippen LogP contribution >= 0.6 is 15.9 Å². The number of benzene rings is 1. The Morgan fingerprint density at radius 2 is 2.00 bits per heavy atom. The van der Waals surface area contributed by atoms with E-state index in [1.54, 1.807) is 4.52 Å². The highest BCUT2D eigenvalue weighted by molar-refractivity contribution is 9.10. The summed E-state index contributed by atoms with van der Waals surface area (Å²) in [7, 11) is 1.96. The molecule has 0 aliphatic heterocycles. The van der Waals surface area contributed by atoms with Gasteiger partial charge < -0.3 is 5.73 Å². The van der Waals surface area contributed by atoms with Crippen LogP contribution in [0.25, 0.3) is 17.2 Å². The molecule has 5 nitrogen and oxygen atoms in total. The van der Waals surface area contributed by atoms with Gasteiger partial charge in [0, 0.05) is 19.2 Å². The van der Waals surface area contributed by atoms with E-state index in [4.69, 9.17) is 5.73 Å². The maximum atomic E-state index is 5.67. The summed E-state index contributed by atoms with van der Waals surface area (Å²) in [5.74, 6) is 1.67. The van der Waals surface area contributed by atoms with E-state index >= 15 is 0 Å². The van der Waals surface area contributed by atoms with Crippen molar-refractivity contribution in [1.29, 1.82) is 0 Å². The number of hydrogen-bond donors (Lipinski definition) is 1. The van der Waals surface area contributed by atoms with E-state index in [9.17, 15) is 0 Å². The zero-order valence-corrected chi connectivity index (χ0v) is 13.3. The van der Waals surface area contributed by atoms with Crippen LogP contribution in [0.2, 0.25) is 0 Å². The molecule has 6 heteroatoms. The Balaban J connectivity index is 2.21. The van der Waals surface area contributed by atoms with Gasteiger partial charge in [-0.2, -0.15) is 4.52 Å². The van der Waals surface area contributed by atoms with Crippen LogP contribution in [-0.4, -0.2) is 19.2 Å². The molecule has 2 N–H and O–H groups in total. The van der Waals surface area contributed by atoms with Crippen molar-refractivity contribution >= 4 is 21.7 Å². The second-order valence-corrected chi connectivity index (χ2v) is 5.70. The summed E-state index contributed by atoms with van der Waals surface area (Å²) in [6.45, 7) is 4.60. The average molecular weight is 334 g/mol. The largest absolute Gasteiger partial charge is 0.325 e. The molecule has 2 heterocycles. The van der Waals surface area contributed by atoms with Crippen LogP contribution in [0.5, 0.6) is 0 Å². The Hall–Kier alpha value is -1.66. The summed E-state index contributed by atoms with van der Waals surface area (Å²) in [5, 5.41) is 4.64. The van der Waals surface area contributed by atoms with Crippen molar-refractivity contribution in [2.45, 2.75) is 20.4 Å². The third kappa shape index (κ3) is 1.87. The van der Waals surface area contributed by atoms with Crippen LogP contribution in [0.15, 0.2) is 22.8 Å². The molecule has 104 valence electrons. The van der Waals surface area contributed by atoms with Gasteiger partial charge in [-0.05, 0) is 47.0 Å². The molecule has 2 aromatic heterocycles. The van der Waals surface area contributed by atoms with Crippen LogP contribution in [0, 0.1) is 13.8 Å². The molecule has 0 aliphatic rings. The molecule has 0 unspecified atom stereocenters. The highest BCUT2D eigenvalue weighted by Gasteiger charge is 2.17. The summed E-state index contributed by atoms with van der Waals surface area (Å²) in [6, 6.07) is 6.35. The normalized spacial score (nSPS) is 11.4. The number of halogens is 1. The van der Waals surface area contributed by atoms with Gasteiger partial charge in [-0.25, -0.2) is 4.98 Å². The van der Waals surface area contributed by atoms with E-state index < -0.39 is 0 Å². The molecule has 3 aromatic rings. The predicted molar refractivity (Wildman–Crippen MR) is 82.5 cm³/mol. The zero-order chi connectivity index (χ0) is 14.4. The van der Waals surface area contributed by atoms with E-state index in [-0.39, 0.29) is 0 Å². The summed E-state index contributed by atoms with van der Waals surface area (Å²) in [6.07, 6.45) is 0. The quantitative estimate of drug-likeness (QED) is 0.784. The summed E-state index contributed by atoms with van der Waals surface area (Å²) >= 11 is 3.50. The Kier molecular flexibility index (Phi) is 3.14. The molecule has 0 spiro atoms. The number of nitrogens with two attached hydrogens (primary N) is 1. The van der Waals surface area contributed by atoms with Gasteiger partial charge in [0.1, 0.15) is 4.60 Å². The molecule has 0 fully saturated rings. The minimum atomic E-state index is 0.392. The topological polar surface area (TPSA) is 61.1 Å². The van der Waals surface area contributed by atoms with Gasteiger partial charge in [0.15, 0.2) is 5.82 Å². The first kappa shape index (κ1) is 13.3. The minimum absolute atomic E-state index is 0.392. The van der Waals surface area contributed by atoms with E-state index in [0.29, 0.717) is 6.54 Å². The number of fused-ring (bicyclic) bond motifs is 1. The Morgan fingerprint density at radius 1 is 1.25 bits per heavy atom. The number of hydrogen-bond acceptors (Lipinski definition) is 3. The number of aryl methyl sites for hydroxylation is 3. The van der Waals surface area contributed by atoms with Crippen molar-refractivity contribution in [2.24, 2.45) is 12.8 Å². The molecule has 0 saturated carbocycles. The van der Waals surface area contributed by atoms with Crippen molar-refractivity contribution in [1.82, 2.24) is 19.2 Å². The fraction of sp³-hybridized carbons (Fsp3) is 0.286. The van der Waals surface area contributed by atoms with Gasteiger partial charge in [-0.1, -0.05) is 12.1 Å². The van der Waals surface area contributed by atoms with Crippen LogP contribution in [0.4, 0.5) is 0 Å². The average Bonchev–Trinajstić information content (AvgIpc) is 2.92. The molecule has 0 amide bonds. The maximum Gasteiger partial charge on any atom is 0.233 e. The van der Waals surface area contributed by atoms with Gasteiger partial charge in [-0.15, -0.1) is 5.10 Å². The highest BCUT2D eigenvalue weighted by Crippen LogP contribution is 2.25. The number of aromatic nitrogens is 4. The Morgan fingerprint density at radius 3 is 2.60 bits per heavy atom. The lowest BCUT2D eigenvalue weighted by Crippen LogP contribution is -1.99. The third-order valence-electron chi connectivity index (χ3n) is 3.62. The second kappa shape index (κ2) is 4.71. The summed E-state index contributed by atoms with van der Waals surface area (Å²) in [5.41, 5.74) is 10.1. The number of rotatable bonds is 2. The van der Waals surface area contributed by atoms with Crippen molar-refractivity contribution < 1.29 is 0 Å². The number of imidazole rings is 1. The molecule has 0 saturated heterocycles. The fourth-order valence-electron chi connectivity index (χ4n) is 2.25. The second-order valence-electron chi connectivity index (χ2n) is 4.95. The Bertz CT molecular complexity index is 800. The van der Waals surface area contributed by atoms with Gasteiger partial charge in [0.25, 0.3) is 0 Å². The van der Waals surface area contributed by atoms with Gasteiger partial charge in [-0.3, -0.25) is 4.57 Å². The SMILES string of the molecule is Cc1ccc(-c2nn3c(Br)c(CN)nc3n2C)cc1C. The van der Waals surface area contributed by atoms with Crippen LogP contribution < -0.4 is 5.73 Å². The molecule has 3 rings (SSSR count). The maximum absolute atomic E-state index is 5.67. The summed E-state index contributed by atoms with van der Waals surface area (Å²) < 4.78 is 4.58. The molecule has 0 aliphatic carbocycles. The fourth-order valence-corrected chi connectivity index (χ4v) is 2.74. The van der Waals surface area contributed by atoms with E-state index in [1.165, 1.54) is 11.1 Å². The molecule has 0 atom stereocenters. The predicted octanol–water partition coefficient (Wildman–Crippen LogP) is 2.57. The van der Waals surface area contributed by atoms with Crippen LogP contribution in [0.3, 0.4) is 0 Å². The van der Waals surface area contributed by atoms with Gasteiger partial charge >= 0.3 is 0 Å². The van der Waals surface area contributed by atoms with Crippen molar-refractivity contribution in [3.05, 3.63) is 39.6 Å².